The maximum atomic E-state index is 4.62. The highest BCUT2D eigenvalue weighted by atomic mass is 14.7. The fourth-order valence-corrected chi connectivity index (χ4v) is 3.37. The summed E-state index contributed by atoms with van der Waals surface area (Å²) < 4.78 is 0. The Bertz CT molecular complexity index is 500. The van der Waals surface area contributed by atoms with E-state index in [1.54, 1.807) is 0 Å². The fourth-order valence-electron chi connectivity index (χ4n) is 3.37. The Morgan fingerprint density at radius 2 is 1.59 bits per heavy atom. The molecule has 22 heavy (non-hydrogen) atoms. The van der Waals surface area contributed by atoms with E-state index in [-0.39, 0.29) is 0 Å². The second-order valence-corrected chi connectivity index (χ2v) is 7.27. The van der Waals surface area contributed by atoms with Crippen LogP contribution >= 0.6 is 0 Å². The van der Waals surface area contributed by atoms with Crippen LogP contribution in [0.4, 0.5) is 0 Å². The molecule has 0 aliphatic carbocycles. The van der Waals surface area contributed by atoms with E-state index in [0.29, 0.717) is 11.3 Å². The van der Waals surface area contributed by atoms with Crippen LogP contribution in [-0.2, 0) is 0 Å². The molecule has 0 fully saturated rings. The Morgan fingerprint density at radius 3 is 2.14 bits per heavy atom. The molecule has 2 rings (SSSR count). The number of pyridine rings is 1. The first-order valence-electron chi connectivity index (χ1n) is 8.48. The Balaban J connectivity index is 2.19. The number of aromatic nitrogens is 1. The minimum absolute atomic E-state index is 0.375. The first-order valence-corrected chi connectivity index (χ1v) is 8.48. The molecule has 2 aromatic rings. The first kappa shape index (κ1) is 16.7. The number of hydrogen-bond donors (Lipinski definition) is 0. The summed E-state index contributed by atoms with van der Waals surface area (Å²) in [7, 11) is 0. The highest BCUT2D eigenvalue weighted by Gasteiger charge is 2.25. The minimum atomic E-state index is 0.375. The molecule has 1 heteroatoms. The van der Waals surface area contributed by atoms with E-state index >= 15 is 0 Å². The molecule has 1 aromatic carbocycles. The van der Waals surface area contributed by atoms with Gasteiger partial charge in [0, 0.05) is 17.8 Å². The summed E-state index contributed by atoms with van der Waals surface area (Å²) in [5.41, 5.74) is 2.95. The maximum absolute atomic E-state index is 4.62. The number of rotatable bonds is 6. The highest BCUT2D eigenvalue weighted by Crippen LogP contribution is 2.36. The summed E-state index contributed by atoms with van der Waals surface area (Å²) in [5.74, 6) is 1.15. The Labute approximate surface area is 135 Å². The lowest BCUT2D eigenvalue weighted by Crippen LogP contribution is -2.20. The third kappa shape index (κ3) is 4.43. The molecular formula is C21H29N. The summed E-state index contributed by atoms with van der Waals surface area (Å²) in [4.78, 5) is 4.62. The van der Waals surface area contributed by atoms with Crippen molar-refractivity contribution in [1.82, 2.24) is 4.98 Å². The molecule has 1 heterocycles. The molecule has 0 amide bonds. The molecule has 1 aromatic heterocycles. The van der Waals surface area contributed by atoms with Gasteiger partial charge in [0.1, 0.15) is 0 Å². The SMILES string of the molecule is CCC(CCC(c1ccccc1)c1ccccn1)C(C)(C)C. The van der Waals surface area contributed by atoms with Crippen molar-refractivity contribution in [2.75, 3.05) is 0 Å². The van der Waals surface area contributed by atoms with Gasteiger partial charge in [0.15, 0.2) is 0 Å². The van der Waals surface area contributed by atoms with E-state index in [4.69, 9.17) is 0 Å². The van der Waals surface area contributed by atoms with Crippen LogP contribution in [0.2, 0.25) is 0 Å². The van der Waals surface area contributed by atoms with Crippen molar-refractivity contribution >= 4 is 0 Å². The molecule has 2 unspecified atom stereocenters. The van der Waals surface area contributed by atoms with Crippen LogP contribution in [0.5, 0.6) is 0 Å². The van der Waals surface area contributed by atoms with E-state index in [2.05, 4.69) is 75.1 Å². The Morgan fingerprint density at radius 1 is 0.909 bits per heavy atom. The molecule has 0 saturated carbocycles. The molecule has 0 radical (unpaired) electrons. The van der Waals surface area contributed by atoms with Gasteiger partial charge in [0.05, 0.1) is 0 Å². The van der Waals surface area contributed by atoms with Crippen LogP contribution in [0.1, 0.15) is 64.1 Å². The van der Waals surface area contributed by atoms with Gasteiger partial charge in [-0.05, 0) is 41.9 Å². The molecule has 1 nitrogen and oxygen atoms in total. The van der Waals surface area contributed by atoms with Crippen LogP contribution in [0.3, 0.4) is 0 Å². The van der Waals surface area contributed by atoms with Gasteiger partial charge in [-0.25, -0.2) is 0 Å². The van der Waals surface area contributed by atoms with Gasteiger partial charge in [-0.15, -0.1) is 0 Å². The molecule has 0 bridgehead atoms. The predicted molar refractivity (Wildman–Crippen MR) is 95.0 cm³/mol. The Hall–Kier alpha value is -1.63. The average Bonchev–Trinajstić information content (AvgIpc) is 2.52. The topological polar surface area (TPSA) is 12.9 Å². The lowest BCUT2D eigenvalue weighted by Gasteiger charge is -2.31. The summed E-state index contributed by atoms with van der Waals surface area (Å²) in [5, 5.41) is 0. The van der Waals surface area contributed by atoms with Crippen molar-refractivity contribution < 1.29 is 0 Å². The van der Waals surface area contributed by atoms with Crippen molar-refractivity contribution in [1.29, 1.82) is 0 Å². The molecule has 0 aliphatic heterocycles. The van der Waals surface area contributed by atoms with Gasteiger partial charge in [-0.1, -0.05) is 70.5 Å². The number of benzene rings is 1. The molecule has 0 spiro atoms. The van der Waals surface area contributed by atoms with E-state index in [1.807, 2.05) is 12.3 Å². The summed E-state index contributed by atoms with van der Waals surface area (Å²) in [6.45, 7) is 9.40. The van der Waals surface area contributed by atoms with E-state index < -0.39 is 0 Å². The van der Waals surface area contributed by atoms with Crippen molar-refractivity contribution in [2.24, 2.45) is 11.3 Å². The first-order chi connectivity index (χ1) is 10.5. The monoisotopic (exact) mass is 295 g/mol. The van der Waals surface area contributed by atoms with Gasteiger partial charge >= 0.3 is 0 Å². The second-order valence-electron chi connectivity index (χ2n) is 7.27. The molecule has 2 atom stereocenters. The fraction of sp³-hybridized carbons (Fsp3) is 0.476. The van der Waals surface area contributed by atoms with Crippen molar-refractivity contribution in [3.8, 4) is 0 Å². The maximum Gasteiger partial charge on any atom is 0.0478 e. The van der Waals surface area contributed by atoms with Gasteiger partial charge in [-0.2, -0.15) is 0 Å². The van der Waals surface area contributed by atoms with Crippen LogP contribution in [-0.4, -0.2) is 4.98 Å². The van der Waals surface area contributed by atoms with E-state index in [9.17, 15) is 0 Å². The van der Waals surface area contributed by atoms with E-state index in [0.717, 1.165) is 12.3 Å². The van der Waals surface area contributed by atoms with Crippen LogP contribution in [0.15, 0.2) is 54.7 Å². The van der Waals surface area contributed by atoms with Crippen molar-refractivity contribution in [2.45, 2.75) is 52.9 Å². The smallest absolute Gasteiger partial charge is 0.0478 e. The average molecular weight is 295 g/mol. The normalized spacial score (nSPS) is 14.5. The minimum Gasteiger partial charge on any atom is -0.261 e. The van der Waals surface area contributed by atoms with Crippen LogP contribution in [0, 0.1) is 11.3 Å². The largest absolute Gasteiger partial charge is 0.261 e. The summed E-state index contributed by atoms with van der Waals surface area (Å²) >= 11 is 0. The lowest BCUT2D eigenvalue weighted by molar-refractivity contribution is 0.212. The molecule has 118 valence electrons. The number of hydrogen-bond acceptors (Lipinski definition) is 1. The number of nitrogens with zero attached hydrogens (tertiary/aromatic N) is 1. The van der Waals surface area contributed by atoms with Gasteiger partial charge in [0.25, 0.3) is 0 Å². The zero-order valence-electron chi connectivity index (χ0n) is 14.4. The standard InChI is InChI=1S/C21H29N/c1-5-18(21(2,3)4)14-15-19(17-11-7-6-8-12-17)20-13-9-10-16-22-20/h6-13,16,18-19H,5,14-15H2,1-4H3. The lowest BCUT2D eigenvalue weighted by atomic mass is 9.74. The third-order valence-electron chi connectivity index (χ3n) is 4.77. The quantitative estimate of drug-likeness (QED) is 0.630. The molecular weight excluding hydrogens is 266 g/mol. The predicted octanol–water partition coefficient (Wildman–Crippen LogP) is 6.07. The summed E-state index contributed by atoms with van der Waals surface area (Å²) in [6.07, 6.45) is 5.56. The van der Waals surface area contributed by atoms with Gasteiger partial charge in [0.2, 0.25) is 0 Å². The van der Waals surface area contributed by atoms with E-state index in [1.165, 1.54) is 24.1 Å². The highest BCUT2D eigenvalue weighted by molar-refractivity contribution is 5.28. The molecule has 0 saturated heterocycles. The second kappa shape index (κ2) is 7.58. The summed E-state index contributed by atoms with van der Waals surface area (Å²) in [6, 6.07) is 17.1. The van der Waals surface area contributed by atoms with Crippen LogP contribution in [0.25, 0.3) is 0 Å². The molecule has 0 N–H and O–H groups in total. The van der Waals surface area contributed by atoms with Gasteiger partial charge < -0.3 is 0 Å². The van der Waals surface area contributed by atoms with Crippen molar-refractivity contribution in [3.05, 3.63) is 66.0 Å². The molecule has 0 aliphatic rings. The third-order valence-corrected chi connectivity index (χ3v) is 4.77. The zero-order valence-corrected chi connectivity index (χ0v) is 14.4. The van der Waals surface area contributed by atoms with Crippen molar-refractivity contribution in [3.63, 3.8) is 0 Å². The van der Waals surface area contributed by atoms with Crippen LogP contribution < -0.4 is 0 Å². The Kier molecular flexibility index (Phi) is 5.76. The zero-order chi connectivity index (χ0) is 16.0. The van der Waals surface area contributed by atoms with Gasteiger partial charge in [-0.3, -0.25) is 4.98 Å².